The summed E-state index contributed by atoms with van der Waals surface area (Å²) in [6.07, 6.45) is 10.1. The largest absolute Gasteiger partial charge is 0.497 e. The molecule has 7 heteroatoms. The molecule has 0 saturated carbocycles. The number of hydrogen-bond donors (Lipinski definition) is 0. The number of rotatable bonds is 16. The summed E-state index contributed by atoms with van der Waals surface area (Å²) < 4.78 is 17.6. The zero-order valence-electron chi connectivity index (χ0n) is 25.5. The van der Waals surface area contributed by atoms with Gasteiger partial charge in [0.15, 0.2) is 12.6 Å². The molecule has 2 fully saturated rings. The van der Waals surface area contributed by atoms with Crippen LogP contribution in [0.4, 0.5) is 0 Å². The third kappa shape index (κ3) is 8.34. The van der Waals surface area contributed by atoms with Gasteiger partial charge < -0.3 is 24.0 Å². The molecular weight excluding hydrogens is 478 g/mol. The van der Waals surface area contributed by atoms with E-state index in [1.54, 1.807) is 7.11 Å². The summed E-state index contributed by atoms with van der Waals surface area (Å²) in [6, 6.07) is 0.469. The smallest absolute Gasteiger partial charge is 0.236 e. The van der Waals surface area contributed by atoms with Crippen molar-refractivity contribution < 1.29 is 19.0 Å². The average Bonchev–Trinajstić information content (AvgIpc) is 3.52. The van der Waals surface area contributed by atoms with E-state index in [2.05, 4.69) is 56.5 Å². The molecule has 3 rings (SSSR count). The van der Waals surface area contributed by atoms with Gasteiger partial charge in [0.25, 0.3) is 0 Å². The molecule has 0 spiro atoms. The van der Waals surface area contributed by atoms with Gasteiger partial charge in [-0.15, -0.1) is 0 Å². The van der Waals surface area contributed by atoms with Crippen molar-refractivity contribution in [3.8, 4) is 0 Å². The molecule has 0 aromatic carbocycles. The maximum Gasteiger partial charge on any atom is 0.236 e. The highest BCUT2D eigenvalue weighted by Gasteiger charge is 2.47. The van der Waals surface area contributed by atoms with Crippen molar-refractivity contribution in [3.05, 3.63) is 11.5 Å². The number of hydrogen-bond acceptors (Lipinski definition) is 6. The fraction of sp³-hybridized carbons (Fsp3) is 0.903. The van der Waals surface area contributed by atoms with Crippen molar-refractivity contribution in [2.75, 3.05) is 60.7 Å². The van der Waals surface area contributed by atoms with Crippen LogP contribution in [0.2, 0.25) is 0 Å². The van der Waals surface area contributed by atoms with E-state index in [9.17, 15) is 4.79 Å². The summed E-state index contributed by atoms with van der Waals surface area (Å²) in [5, 5.41) is 0. The monoisotopic (exact) mass is 535 g/mol. The fourth-order valence-electron chi connectivity index (χ4n) is 7.03. The summed E-state index contributed by atoms with van der Waals surface area (Å²) in [5.41, 5.74) is 0. The lowest BCUT2D eigenvalue weighted by molar-refractivity contribution is -0.133. The van der Waals surface area contributed by atoms with Crippen LogP contribution >= 0.6 is 0 Å². The molecule has 0 radical (unpaired) electrons. The van der Waals surface area contributed by atoms with Crippen LogP contribution in [0.25, 0.3) is 0 Å². The van der Waals surface area contributed by atoms with E-state index in [0.717, 1.165) is 76.2 Å². The number of methoxy groups -OCH3 is 1. The SMILES string of the molecule is CCCCN(CCCCN(C)C)C(=O)CN1C[C@H](C2CC(OC)=C3OCOC3C2C)C[C@@H]1CC(C)CCC. The second kappa shape index (κ2) is 15.5. The lowest BCUT2D eigenvalue weighted by Crippen LogP contribution is -2.44. The number of unbranched alkanes of at least 4 members (excludes halogenated alkanes) is 2. The van der Waals surface area contributed by atoms with Gasteiger partial charge in [-0.25, -0.2) is 0 Å². The minimum atomic E-state index is 0.00329. The second-order valence-electron chi connectivity index (χ2n) is 12.5. The number of nitrogens with zero attached hydrogens (tertiary/aromatic N) is 3. The third-order valence-corrected chi connectivity index (χ3v) is 9.19. The summed E-state index contributed by atoms with van der Waals surface area (Å²) >= 11 is 0. The minimum absolute atomic E-state index is 0.00329. The van der Waals surface area contributed by atoms with Crippen LogP contribution in [-0.2, 0) is 19.0 Å². The van der Waals surface area contributed by atoms with Crippen LogP contribution < -0.4 is 0 Å². The van der Waals surface area contributed by atoms with E-state index in [1.807, 2.05) is 0 Å². The van der Waals surface area contributed by atoms with E-state index < -0.39 is 0 Å². The molecule has 220 valence electrons. The second-order valence-corrected chi connectivity index (χ2v) is 12.5. The van der Waals surface area contributed by atoms with Gasteiger partial charge in [-0.1, -0.05) is 47.0 Å². The van der Waals surface area contributed by atoms with Crippen molar-refractivity contribution >= 4 is 5.91 Å². The van der Waals surface area contributed by atoms with Crippen molar-refractivity contribution in [1.29, 1.82) is 0 Å². The van der Waals surface area contributed by atoms with E-state index in [4.69, 9.17) is 14.2 Å². The molecule has 1 amide bonds. The first-order valence-electron chi connectivity index (χ1n) is 15.5. The summed E-state index contributed by atoms with van der Waals surface area (Å²) in [4.78, 5) is 20.6. The molecule has 0 aromatic rings. The Morgan fingerprint density at radius 3 is 2.55 bits per heavy atom. The Balaban J connectivity index is 1.70. The zero-order chi connectivity index (χ0) is 27.7. The molecule has 3 aliphatic rings. The zero-order valence-corrected chi connectivity index (χ0v) is 25.5. The fourth-order valence-corrected chi connectivity index (χ4v) is 7.03. The minimum Gasteiger partial charge on any atom is -0.497 e. The Morgan fingerprint density at radius 2 is 1.87 bits per heavy atom. The number of fused-ring (bicyclic) bond motifs is 1. The van der Waals surface area contributed by atoms with Gasteiger partial charge in [-0.3, -0.25) is 9.69 Å². The lowest BCUT2D eigenvalue weighted by Gasteiger charge is -2.36. The Morgan fingerprint density at radius 1 is 1.13 bits per heavy atom. The van der Waals surface area contributed by atoms with Crippen molar-refractivity contribution in [2.45, 2.75) is 97.6 Å². The molecule has 2 aliphatic heterocycles. The molecule has 2 heterocycles. The topological polar surface area (TPSA) is 54.5 Å². The van der Waals surface area contributed by atoms with Crippen LogP contribution in [-0.4, -0.2) is 93.5 Å². The quantitative estimate of drug-likeness (QED) is 0.248. The molecule has 38 heavy (non-hydrogen) atoms. The molecule has 1 aliphatic carbocycles. The molecule has 0 aromatic heterocycles. The highest BCUT2D eigenvalue weighted by Crippen LogP contribution is 2.46. The van der Waals surface area contributed by atoms with Crippen molar-refractivity contribution in [3.63, 3.8) is 0 Å². The third-order valence-electron chi connectivity index (χ3n) is 9.19. The number of amides is 1. The first-order valence-corrected chi connectivity index (χ1v) is 15.5. The van der Waals surface area contributed by atoms with Gasteiger partial charge in [0.1, 0.15) is 11.9 Å². The number of carbonyl (C=O) groups is 1. The van der Waals surface area contributed by atoms with Crippen molar-refractivity contribution in [1.82, 2.24) is 14.7 Å². The van der Waals surface area contributed by atoms with E-state index >= 15 is 0 Å². The van der Waals surface area contributed by atoms with Gasteiger partial charge in [0.05, 0.1) is 13.7 Å². The van der Waals surface area contributed by atoms with Crippen LogP contribution in [0.3, 0.4) is 0 Å². The Labute approximate surface area is 233 Å². The predicted octanol–water partition coefficient (Wildman–Crippen LogP) is 5.36. The molecule has 7 nitrogen and oxygen atoms in total. The molecule has 6 atom stereocenters. The molecule has 4 unspecified atom stereocenters. The standard InChI is InChI=1S/C31H57N3O4/c1-8-10-15-33(16-12-11-14-32(5)6)29(35)21-34-20-25(18-26(34)17-23(3)13-9-2)27-19-28(36-7)31-30(24(27)4)37-22-38-31/h23-27,30H,8-22H2,1-7H3/t23?,24?,25-,26+,27?,30?/m1/s1. The molecular formula is C31H57N3O4. The summed E-state index contributed by atoms with van der Waals surface area (Å²) in [6.45, 7) is 13.9. The number of likely N-dealkylation sites (tertiary alicyclic amines) is 1. The van der Waals surface area contributed by atoms with Crippen LogP contribution in [0.15, 0.2) is 11.5 Å². The Hall–Kier alpha value is -1.31. The van der Waals surface area contributed by atoms with Gasteiger partial charge in [0, 0.05) is 32.1 Å². The maximum absolute atomic E-state index is 13.7. The number of allylic oxidation sites excluding steroid dienone is 1. The number of ether oxygens (including phenoxy) is 3. The Kier molecular flexibility index (Phi) is 12.7. The summed E-state index contributed by atoms with van der Waals surface area (Å²) in [5.74, 6) is 4.28. The van der Waals surface area contributed by atoms with Crippen LogP contribution in [0.5, 0.6) is 0 Å². The molecule has 2 saturated heterocycles. The van der Waals surface area contributed by atoms with Gasteiger partial charge >= 0.3 is 0 Å². The van der Waals surface area contributed by atoms with E-state index in [1.165, 1.54) is 19.3 Å². The summed E-state index contributed by atoms with van der Waals surface area (Å²) in [7, 11) is 6.00. The number of carbonyl (C=O) groups excluding carboxylic acids is 1. The highest BCUT2D eigenvalue weighted by molar-refractivity contribution is 5.78. The highest BCUT2D eigenvalue weighted by atomic mass is 16.7. The van der Waals surface area contributed by atoms with Gasteiger partial charge in [-0.05, 0) is 76.4 Å². The predicted molar refractivity (Wildman–Crippen MR) is 154 cm³/mol. The molecule has 0 N–H and O–H groups in total. The Bertz CT molecular complexity index is 757. The first-order chi connectivity index (χ1) is 18.3. The maximum atomic E-state index is 13.7. The normalized spacial score (nSPS) is 28.5. The molecule has 0 bridgehead atoms. The first kappa shape index (κ1) is 31.2. The van der Waals surface area contributed by atoms with Gasteiger partial charge in [-0.2, -0.15) is 0 Å². The van der Waals surface area contributed by atoms with E-state index in [0.29, 0.717) is 49.0 Å². The van der Waals surface area contributed by atoms with E-state index in [-0.39, 0.29) is 6.10 Å². The van der Waals surface area contributed by atoms with Gasteiger partial charge in [0.2, 0.25) is 5.91 Å². The average molecular weight is 536 g/mol. The lowest BCUT2D eigenvalue weighted by atomic mass is 9.72. The van der Waals surface area contributed by atoms with Crippen LogP contribution in [0.1, 0.15) is 85.5 Å². The van der Waals surface area contributed by atoms with Crippen LogP contribution in [0, 0.1) is 23.7 Å². The van der Waals surface area contributed by atoms with Crippen molar-refractivity contribution in [2.24, 2.45) is 23.7 Å².